The quantitative estimate of drug-likeness (QED) is 0.518. The Morgan fingerprint density at radius 2 is 2.15 bits per heavy atom. The highest BCUT2D eigenvalue weighted by atomic mass is 79.9. The molecule has 0 aliphatic rings. The lowest BCUT2D eigenvalue weighted by Crippen LogP contribution is -1.90. The van der Waals surface area contributed by atoms with Crippen molar-refractivity contribution < 1.29 is 0 Å². The molecule has 0 aliphatic heterocycles. The second-order valence-electron chi connectivity index (χ2n) is 2.52. The first-order valence-electron chi connectivity index (χ1n) is 3.91. The number of rotatable bonds is 4. The van der Waals surface area contributed by atoms with Gasteiger partial charge < -0.3 is 5.73 Å². The molecular formula is C9H12BrNS2. The number of thioether (sulfide) groups is 2. The van der Waals surface area contributed by atoms with E-state index in [0.717, 1.165) is 15.9 Å². The number of benzene rings is 1. The molecule has 0 bridgehead atoms. The summed E-state index contributed by atoms with van der Waals surface area (Å²) < 4.78 is 1.04. The standard InChI is InChI=1S/C9H12BrNS2/c1-12-4-5-13-9-3-2-7(10)6-8(9)11/h2-3,6H,4-5,11H2,1H3. The zero-order chi connectivity index (χ0) is 9.68. The molecule has 0 saturated heterocycles. The third-order valence-electron chi connectivity index (χ3n) is 1.52. The van der Waals surface area contributed by atoms with Gasteiger partial charge in [0.05, 0.1) is 0 Å². The van der Waals surface area contributed by atoms with E-state index in [0.29, 0.717) is 0 Å². The molecule has 4 heteroatoms. The minimum atomic E-state index is 0.862. The summed E-state index contributed by atoms with van der Waals surface area (Å²) in [5.41, 5.74) is 6.71. The van der Waals surface area contributed by atoms with Crippen molar-refractivity contribution in [1.82, 2.24) is 0 Å². The summed E-state index contributed by atoms with van der Waals surface area (Å²) in [6.07, 6.45) is 2.12. The third kappa shape index (κ3) is 3.83. The maximum atomic E-state index is 5.85. The van der Waals surface area contributed by atoms with Crippen LogP contribution < -0.4 is 5.73 Å². The van der Waals surface area contributed by atoms with Gasteiger partial charge in [-0.15, -0.1) is 11.8 Å². The zero-order valence-electron chi connectivity index (χ0n) is 7.42. The van der Waals surface area contributed by atoms with Crippen LogP contribution in [0.1, 0.15) is 0 Å². The number of anilines is 1. The fraction of sp³-hybridized carbons (Fsp3) is 0.333. The Bertz CT molecular complexity index is 278. The number of hydrogen-bond donors (Lipinski definition) is 1. The van der Waals surface area contributed by atoms with Crippen molar-refractivity contribution in [3.05, 3.63) is 22.7 Å². The van der Waals surface area contributed by atoms with Crippen molar-refractivity contribution in [2.24, 2.45) is 0 Å². The maximum absolute atomic E-state index is 5.85. The Balaban J connectivity index is 2.56. The Morgan fingerprint density at radius 1 is 1.38 bits per heavy atom. The molecule has 0 atom stereocenters. The van der Waals surface area contributed by atoms with E-state index in [1.54, 1.807) is 0 Å². The molecule has 2 N–H and O–H groups in total. The van der Waals surface area contributed by atoms with Crippen LogP contribution in [-0.4, -0.2) is 17.8 Å². The third-order valence-corrected chi connectivity index (χ3v) is 3.97. The summed E-state index contributed by atoms with van der Waals surface area (Å²) in [6.45, 7) is 0. The van der Waals surface area contributed by atoms with Crippen LogP contribution >= 0.6 is 39.5 Å². The molecule has 0 amide bonds. The Morgan fingerprint density at radius 3 is 2.77 bits per heavy atom. The first kappa shape index (κ1) is 11.3. The highest BCUT2D eigenvalue weighted by molar-refractivity contribution is 9.10. The molecule has 1 nitrogen and oxygen atoms in total. The molecular weight excluding hydrogens is 266 g/mol. The predicted molar refractivity (Wildman–Crippen MR) is 67.7 cm³/mol. The number of nitrogens with two attached hydrogens (primary N) is 1. The Labute approximate surface area is 96.0 Å². The van der Waals surface area contributed by atoms with Gasteiger partial charge in [0.25, 0.3) is 0 Å². The summed E-state index contributed by atoms with van der Waals surface area (Å²) in [7, 11) is 0. The van der Waals surface area contributed by atoms with Crippen molar-refractivity contribution in [2.75, 3.05) is 23.5 Å². The lowest BCUT2D eigenvalue weighted by atomic mass is 10.3. The molecule has 0 radical (unpaired) electrons. The molecule has 0 unspecified atom stereocenters. The van der Waals surface area contributed by atoms with Gasteiger partial charge in [0, 0.05) is 26.6 Å². The van der Waals surface area contributed by atoms with Crippen LogP contribution in [-0.2, 0) is 0 Å². The van der Waals surface area contributed by atoms with Crippen LogP contribution in [0.25, 0.3) is 0 Å². The van der Waals surface area contributed by atoms with E-state index in [2.05, 4.69) is 28.3 Å². The van der Waals surface area contributed by atoms with E-state index < -0.39 is 0 Å². The van der Waals surface area contributed by atoms with Crippen molar-refractivity contribution in [3.63, 3.8) is 0 Å². The smallest absolute Gasteiger partial charge is 0.0463 e. The van der Waals surface area contributed by atoms with Crippen molar-refractivity contribution in [3.8, 4) is 0 Å². The molecule has 0 aromatic heterocycles. The summed E-state index contributed by atoms with van der Waals surface area (Å²) in [5.74, 6) is 2.28. The second kappa shape index (κ2) is 5.83. The van der Waals surface area contributed by atoms with E-state index in [9.17, 15) is 0 Å². The zero-order valence-corrected chi connectivity index (χ0v) is 10.6. The normalized spacial score (nSPS) is 10.3. The van der Waals surface area contributed by atoms with Crippen molar-refractivity contribution in [2.45, 2.75) is 4.90 Å². The van der Waals surface area contributed by atoms with E-state index in [1.165, 1.54) is 10.6 Å². The number of halogens is 1. The minimum Gasteiger partial charge on any atom is -0.398 e. The van der Waals surface area contributed by atoms with Crippen LogP contribution in [0.3, 0.4) is 0 Å². The fourth-order valence-corrected chi connectivity index (χ4v) is 2.87. The summed E-state index contributed by atoms with van der Waals surface area (Å²) >= 11 is 7.06. The topological polar surface area (TPSA) is 26.0 Å². The molecule has 0 fully saturated rings. The van der Waals surface area contributed by atoms with Crippen LogP contribution in [0, 0.1) is 0 Å². The van der Waals surface area contributed by atoms with E-state index in [1.807, 2.05) is 35.7 Å². The molecule has 1 aromatic carbocycles. The summed E-state index contributed by atoms with van der Waals surface area (Å²) in [5, 5.41) is 0. The average Bonchev–Trinajstić information content (AvgIpc) is 2.09. The number of nitrogen functional groups attached to an aromatic ring is 1. The Hall–Kier alpha value is 0.200. The number of hydrogen-bond acceptors (Lipinski definition) is 3. The molecule has 0 spiro atoms. The Kier molecular flexibility index (Phi) is 5.06. The average molecular weight is 278 g/mol. The molecule has 1 rings (SSSR count). The van der Waals surface area contributed by atoms with Crippen LogP contribution in [0.5, 0.6) is 0 Å². The monoisotopic (exact) mass is 277 g/mol. The predicted octanol–water partition coefficient (Wildman–Crippen LogP) is 3.49. The van der Waals surface area contributed by atoms with Gasteiger partial charge in [0.1, 0.15) is 0 Å². The first-order chi connectivity index (χ1) is 6.24. The van der Waals surface area contributed by atoms with E-state index in [4.69, 9.17) is 5.73 Å². The van der Waals surface area contributed by atoms with Gasteiger partial charge in [0.2, 0.25) is 0 Å². The van der Waals surface area contributed by atoms with Gasteiger partial charge >= 0.3 is 0 Å². The molecule has 0 aliphatic carbocycles. The molecule has 0 heterocycles. The van der Waals surface area contributed by atoms with E-state index >= 15 is 0 Å². The van der Waals surface area contributed by atoms with Gasteiger partial charge in [-0.2, -0.15) is 11.8 Å². The highest BCUT2D eigenvalue weighted by Gasteiger charge is 1.99. The molecule has 1 aromatic rings. The summed E-state index contributed by atoms with van der Waals surface area (Å²) in [6, 6.07) is 6.03. The van der Waals surface area contributed by atoms with Gasteiger partial charge in [-0.25, -0.2) is 0 Å². The van der Waals surface area contributed by atoms with Gasteiger partial charge in [0.15, 0.2) is 0 Å². The first-order valence-corrected chi connectivity index (χ1v) is 7.08. The minimum absolute atomic E-state index is 0.862. The van der Waals surface area contributed by atoms with Crippen molar-refractivity contribution in [1.29, 1.82) is 0 Å². The van der Waals surface area contributed by atoms with Crippen LogP contribution in [0.15, 0.2) is 27.6 Å². The lowest BCUT2D eigenvalue weighted by molar-refractivity contribution is 1.42. The molecule has 72 valence electrons. The van der Waals surface area contributed by atoms with E-state index in [-0.39, 0.29) is 0 Å². The lowest BCUT2D eigenvalue weighted by Gasteiger charge is -2.04. The molecule has 13 heavy (non-hydrogen) atoms. The van der Waals surface area contributed by atoms with Gasteiger partial charge in [-0.3, -0.25) is 0 Å². The SMILES string of the molecule is CSCCSc1ccc(Br)cc1N. The second-order valence-corrected chi connectivity index (χ2v) is 5.56. The fourth-order valence-electron chi connectivity index (χ4n) is 0.886. The van der Waals surface area contributed by atoms with Gasteiger partial charge in [-0.05, 0) is 24.5 Å². The molecule has 0 saturated carbocycles. The van der Waals surface area contributed by atoms with Crippen LogP contribution in [0.2, 0.25) is 0 Å². The van der Waals surface area contributed by atoms with Crippen LogP contribution in [0.4, 0.5) is 5.69 Å². The largest absolute Gasteiger partial charge is 0.398 e. The van der Waals surface area contributed by atoms with Crippen molar-refractivity contribution >= 4 is 45.1 Å². The highest BCUT2D eigenvalue weighted by Crippen LogP contribution is 2.27. The maximum Gasteiger partial charge on any atom is 0.0463 e. The summed E-state index contributed by atoms with van der Waals surface area (Å²) in [4.78, 5) is 1.18. The van der Waals surface area contributed by atoms with Gasteiger partial charge in [-0.1, -0.05) is 15.9 Å².